The van der Waals surface area contributed by atoms with Crippen molar-refractivity contribution in [2.24, 2.45) is 13.0 Å². The van der Waals surface area contributed by atoms with Crippen LogP contribution in [0.15, 0.2) is 0 Å². The third-order valence-corrected chi connectivity index (χ3v) is 3.10. The molecule has 0 aliphatic carbocycles. The Morgan fingerprint density at radius 1 is 1.59 bits per heavy atom. The molecule has 0 bridgehead atoms. The van der Waals surface area contributed by atoms with E-state index in [-0.39, 0.29) is 5.91 Å². The highest BCUT2D eigenvalue weighted by Crippen LogP contribution is 2.17. The van der Waals surface area contributed by atoms with Crippen molar-refractivity contribution in [3.8, 4) is 0 Å². The summed E-state index contributed by atoms with van der Waals surface area (Å²) < 4.78 is 1.56. The first-order valence-electron chi connectivity index (χ1n) is 5.93. The maximum Gasteiger partial charge on any atom is 0.274 e. The molecule has 0 aliphatic heterocycles. The third kappa shape index (κ3) is 2.78. The van der Waals surface area contributed by atoms with Crippen LogP contribution in [-0.2, 0) is 7.05 Å². The molecule has 96 valence electrons. The standard InChI is InChI=1S/C12H22N4O/c1-6-8(2)7-15(4)12(17)11-10(13)9(3)14-16(11)5/h8H,6-7,13H2,1-5H3. The average molecular weight is 238 g/mol. The Morgan fingerprint density at radius 2 is 2.18 bits per heavy atom. The molecule has 1 heterocycles. The fraction of sp³-hybridized carbons (Fsp3) is 0.667. The molecular weight excluding hydrogens is 216 g/mol. The highest BCUT2D eigenvalue weighted by Gasteiger charge is 2.21. The van der Waals surface area contributed by atoms with Crippen LogP contribution in [0.1, 0.15) is 36.5 Å². The van der Waals surface area contributed by atoms with Crippen LogP contribution >= 0.6 is 0 Å². The summed E-state index contributed by atoms with van der Waals surface area (Å²) in [6, 6.07) is 0. The zero-order valence-corrected chi connectivity index (χ0v) is 11.3. The summed E-state index contributed by atoms with van der Waals surface area (Å²) in [5, 5.41) is 4.16. The van der Waals surface area contributed by atoms with Gasteiger partial charge in [-0.3, -0.25) is 9.48 Å². The first-order valence-corrected chi connectivity index (χ1v) is 5.93. The molecule has 2 N–H and O–H groups in total. The molecule has 0 saturated carbocycles. The van der Waals surface area contributed by atoms with Crippen LogP contribution in [0, 0.1) is 12.8 Å². The van der Waals surface area contributed by atoms with E-state index in [1.807, 2.05) is 0 Å². The zero-order valence-electron chi connectivity index (χ0n) is 11.3. The van der Waals surface area contributed by atoms with Gasteiger partial charge in [-0.15, -0.1) is 0 Å². The maximum atomic E-state index is 12.2. The molecule has 1 amide bonds. The molecule has 0 aliphatic rings. The molecule has 0 spiro atoms. The number of anilines is 1. The number of nitrogen functional groups attached to an aromatic ring is 1. The minimum absolute atomic E-state index is 0.0640. The Hall–Kier alpha value is -1.52. The van der Waals surface area contributed by atoms with Crippen molar-refractivity contribution in [3.63, 3.8) is 0 Å². The lowest BCUT2D eigenvalue weighted by molar-refractivity contribution is 0.0765. The maximum absolute atomic E-state index is 12.2. The van der Waals surface area contributed by atoms with Gasteiger partial charge in [-0.2, -0.15) is 5.10 Å². The normalized spacial score (nSPS) is 12.5. The van der Waals surface area contributed by atoms with Gasteiger partial charge in [0.05, 0.1) is 11.4 Å². The first-order chi connectivity index (χ1) is 7.88. The van der Waals surface area contributed by atoms with E-state index in [2.05, 4.69) is 18.9 Å². The van der Waals surface area contributed by atoms with Crippen molar-refractivity contribution in [1.29, 1.82) is 0 Å². The van der Waals surface area contributed by atoms with Crippen molar-refractivity contribution in [2.45, 2.75) is 27.2 Å². The summed E-state index contributed by atoms with van der Waals surface area (Å²) in [6.45, 7) is 6.78. The molecule has 1 unspecified atom stereocenters. The van der Waals surface area contributed by atoms with Crippen LogP contribution in [0.2, 0.25) is 0 Å². The third-order valence-electron chi connectivity index (χ3n) is 3.10. The van der Waals surface area contributed by atoms with Gasteiger partial charge in [0.25, 0.3) is 5.91 Å². The fourth-order valence-corrected chi connectivity index (χ4v) is 1.79. The van der Waals surface area contributed by atoms with E-state index < -0.39 is 0 Å². The fourth-order valence-electron chi connectivity index (χ4n) is 1.79. The SMILES string of the molecule is CCC(C)CN(C)C(=O)c1c(N)c(C)nn1C. The van der Waals surface area contributed by atoms with E-state index in [9.17, 15) is 4.79 Å². The van der Waals surface area contributed by atoms with Gasteiger partial charge >= 0.3 is 0 Å². The van der Waals surface area contributed by atoms with Crippen molar-refractivity contribution in [3.05, 3.63) is 11.4 Å². The Bertz CT molecular complexity index is 411. The molecule has 5 heteroatoms. The first kappa shape index (κ1) is 13.5. The van der Waals surface area contributed by atoms with Crippen LogP contribution in [0.5, 0.6) is 0 Å². The molecule has 1 aromatic rings. The second-order valence-electron chi connectivity index (χ2n) is 4.67. The molecule has 1 rings (SSSR count). The minimum Gasteiger partial charge on any atom is -0.395 e. The Morgan fingerprint density at radius 3 is 2.59 bits per heavy atom. The van der Waals surface area contributed by atoms with Gasteiger partial charge < -0.3 is 10.6 Å². The van der Waals surface area contributed by atoms with Crippen LogP contribution in [0.25, 0.3) is 0 Å². The number of nitrogens with two attached hydrogens (primary N) is 1. The summed E-state index contributed by atoms with van der Waals surface area (Å²) in [6.07, 6.45) is 1.05. The minimum atomic E-state index is -0.0640. The van der Waals surface area contributed by atoms with Gasteiger partial charge in [-0.25, -0.2) is 0 Å². The van der Waals surface area contributed by atoms with E-state index in [1.54, 1.807) is 30.6 Å². The van der Waals surface area contributed by atoms with Crippen LogP contribution in [-0.4, -0.2) is 34.2 Å². The molecular formula is C12H22N4O. The lowest BCUT2D eigenvalue weighted by Crippen LogP contribution is -2.32. The number of rotatable bonds is 4. The van der Waals surface area contributed by atoms with Crippen molar-refractivity contribution >= 4 is 11.6 Å². The number of amides is 1. The molecule has 0 aromatic carbocycles. The van der Waals surface area contributed by atoms with Gasteiger partial charge in [0.2, 0.25) is 0 Å². The van der Waals surface area contributed by atoms with Gasteiger partial charge in [0.15, 0.2) is 0 Å². The Labute approximate surface area is 103 Å². The zero-order chi connectivity index (χ0) is 13.2. The summed E-state index contributed by atoms with van der Waals surface area (Å²) in [4.78, 5) is 13.9. The van der Waals surface area contributed by atoms with Crippen molar-refractivity contribution < 1.29 is 4.79 Å². The molecule has 17 heavy (non-hydrogen) atoms. The Kier molecular flexibility index (Phi) is 4.15. The van der Waals surface area contributed by atoms with E-state index in [0.29, 0.717) is 23.0 Å². The van der Waals surface area contributed by atoms with Gasteiger partial charge in [-0.1, -0.05) is 20.3 Å². The van der Waals surface area contributed by atoms with Gasteiger partial charge in [0, 0.05) is 20.6 Å². The number of nitrogens with zero attached hydrogens (tertiary/aromatic N) is 3. The summed E-state index contributed by atoms with van der Waals surface area (Å²) >= 11 is 0. The number of aromatic nitrogens is 2. The predicted octanol–water partition coefficient (Wildman–Crippen LogP) is 1.43. The highest BCUT2D eigenvalue weighted by molar-refractivity contribution is 5.97. The van der Waals surface area contributed by atoms with Crippen molar-refractivity contribution in [2.75, 3.05) is 19.3 Å². The second-order valence-corrected chi connectivity index (χ2v) is 4.67. The largest absolute Gasteiger partial charge is 0.395 e. The lowest BCUT2D eigenvalue weighted by Gasteiger charge is -2.21. The van der Waals surface area contributed by atoms with E-state index in [4.69, 9.17) is 5.73 Å². The number of hydrogen-bond acceptors (Lipinski definition) is 3. The monoisotopic (exact) mass is 238 g/mol. The molecule has 1 aromatic heterocycles. The highest BCUT2D eigenvalue weighted by atomic mass is 16.2. The molecule has 5 nitrogen and oxygen atoms in total. The van der Waals surface area contributed by atoms with E-state index >= 15 is 0 Å². The lowest BCUT2D eigenvalue weighted by atomic mass is 10.1. The Balaban J connectivity index is 2.89. The molecule has 0 saturated heterocycles. The van der Waals surface area contributed by atoms with Crippen LogP contribution in [0.4, 0.5) is 5.69 Å². The van der Waals surface area contributed by atoms with Crippen LogP contribution in [0.3, 0.4) is 0 Å². The number of hydrogen-bond donors (Lipinski definition) is 1. The smallest absolute Gasteiger partial charge is 0.274 e. The van der Waals surface area contributed by atoms with Crippen LogP contribution < -0.4 is 5.73 Å². The number of aryl methyl sites for hydroxylation is 2. The number of carbonyl (C=O) groups is 1. The summed E-state index contributed by atoms with van der Waals surface area (Å²) in [7, 11) is 3.55. The summed E-state index contributed by atoms with van der Waals surface area (Å²) in [5.74, 6) is 0.422. The topological polar surface area (TPSA) is 64.2 Å². The quantitative estimate of drug-likeness (QED) is 0.863. The van der Waals surface area contributed by atoms with Gasteiger partial charge in [-0.05, 0) is 12.8 Å². The van der Waals surface area contributed by atoms with Crippen molar-refractivity contribution in [1.82, 2.24) is 14.7 Å². The molecule has 1 atom stereocenters. The van der Waals surface area contributed by atoms with Gasteiger partial charge in [0.1, 0.15) is 5.69 Å². The second kappa shape index (κ2) is 5.21. The summed E-state index contributed by atoms with van der Waals surface area (Å²) in [5.41, 5.74) is 7.54. The predicted molar refractivity (Wildman–Crippen MR) is 68.8 cm³/mol. The average Bonchev–Trinajstić information content (AvgIpc) is 2.52. The van der Waals surface area contributed by atoms with E-state index in [1.165, 1.54) is 0 Å². The molecule has 0 radical (unpaired) electrons. The molecule has 0 fully saturated rings. The van der Waals surface area contributed by atoms with E-state index in [0.717, 1.165) is 13.0 Å². The number of carbonyl (C=O) groups excluding carboxylic acids is 1.